The summed E-state index contributed by atoms with van der Waals surface area (Å²) in [4.78, 5) is 32.1. The number of fused-ring (bicyclic) bond motifs is 5. The van der Waals surface area contributed by atoms with Crippen LogP contribution in [-0.4, -0.2) is 104 Å². The van der Waals surface area contributed by atoms with Crippen LogP contribution < -0.4 is 9.64 Å². The summed E-state index contributed by atoms with van der Waals surface area (Å²) in [6.45, 7) is 1.45. The number of carbonyl (C=O) groups is 1. The Morgan fingerprint density at radius 2 is 1.94 bits per heavy atom. The average Bonchev–Trinajstić information content (AvgIpc) is 3.69. The van der Waals surface area contributed by atoms with Gasteiger partial charge in [0.1, 0.15) is 48.0 Å². The monoisotopic (exact) mass is 658 g/mol. The molecule has 4 atom stereocenters. The van der Waals surface area contributed by atoms with Gasteiger partial charge in [0.15, 0.2) is 5.82 Å². The third kappa shape index (κ3) is 4.80. The van der Waals surface area contributed by atoms with Crippen LogP contribution in [0.3, 0.4) is 0 Å². The van der Waals surface area contributed by atoms with E-state index in [4.69, 9.17) is 16.1 Å². The summed E-state index contributed by atoms with van der Waals surface area (Å²) in [5, 5.41) is 21.0. The molecular weight excluding hydrogens is 625 g/mol. The minimum atomic E-state index is -0.962. The lowest BCUT2D eigenvalue weighted by atomic mass is 9.95. The van der Waals surface area contributed by atoms with Crippen molar-refractivity contribution in [3.8, 4) is 35.4 Å². The van der Waals surface area contributed by atoms with E-state index in [9.17, 15) is 23.8 Å². The molecule has 13 heteroatoms. The van der Waals surface area contributed by atoms with Gasteiger partial charge in [-0.1, -0.05) is 12.0 Å². The number of hydrogen-bond acceptors (Lipinski definition) is 9. The Balaban J connectivity index is 1.26. The fourth-order valence-corrected chi connectivity index (χ4v) is 8.48. The van der Waals surface area contributed by atoms with Gasteiger partial charge in [-0.15, -0.1) is 6.42 Å². The molecule has 0 radical (unpaired) electrons. The molecule has 4 aromatic rings. The highest BCUT2D eigenvalue weighted by Crippen LogP contribution is 2.42. The number of rotatable bonds is 6. The summed E-state index contributed by atoms with van der Waals surface area (Å²) in [6.07, 6.45) is 9.66. The maximum absolute atomic E-state index is 16.9. The first-order valence-electron chi connectivity index (χ1n) is 16.2. The van der Waals surface area contributed by atoms with E-state index in [-0.39, 0.29) is 64.1 Å². The molecule has 2 aromatic heterocycles. The van der Waals surface area contributed by atoms with E-state index >= 15 is 4.39 Å². The molecule has 0 spiro atoms. The van der Waals surface area contributed by atoms with E-state index in [1.165, 1.54) is 30.5 Å². The van der Waals surface area contributed by atoms with Gasteiger partial charge < -0.3 is 24.7 Å². The van der Waals surface area contributed by atoms with Crippen LogP contribution in [0, 0.1) is 24.0 Å². The predicted octanol–water partition coefficient (Wildman–Crippen LogP) is 3.94. The number of amides is 1. The second-order valence-electron chi connectivity index (χ2n) is 13.3. The molecule has 2 unspecified atom stereocenters. The lowest BCUT2D eigenvalue weighted by molar-refractivity contribution is -0.137. The number of aromatic nitrogens is 3. The lowest BCUT2D eigenvalue weighted by Crippen LogP contribution is -2.56. The maximum atomic E-state index is 16.9. The molecule has 2 bridgehead atoms. The predicted molar refractivity (Wildman–Crippen MR) is 171 cm³/mol. The number of pyridine rings is 1. The first-order valence-corrected chi connectivity index (χ1v) is 16.2. The summed E-state index contributed by atoms with van der Waals surface area (Å²) in [7, 11) is 0. The minimum Gasteiger partial charge on any atom is -0.508 e. The van der Waals surface area contributed by atoms with Gasteiger partial charge >= 0.3 is 6.01 Å². The molecule has 48 heavy (non-hydrogen) atoms. The second kappa shape index (κ2) is 11.5. The van der Waals surface area contributed by atoms with Crippen LogP contribution in [-0.2, 0) is 4.79 Å². The number of anilines is 1. The smallest absolute Gasteiger partial charge is 0.319 e. The summed E-state index contributed by atoms with van der Waals surface area (Å²) < 4.78 is 52.4. The van der Waals surface area contributed by atoms with Gasteiger partial charge in [-0.25, -0.2) is 13.2 Å². The molecule has 10 nitrogen and oxygen atoms in total. The zero-order valence-electron chi connectivity index (χ0n) is 26.0. The summed E-state index contributed by atoms with van der Waals surface area (Å²) in [6, 6.07) is 4.91. The van der Waals surface area contributed by atoms with E-state index in [1.807, 2.05) is 4.90 Å². The Hall–Kier alpha value is -4.67. The number of aliphatic hydroxyl groups is 1. The summed E-state index contributed by atoms with van der Waals surface area (Å²) >= 11 is 0. The zero-order valence-corrected chi connectivity index (χ0v) is 26.0. The molecule has 248 valence electrons. The molecule has 2 aromatic carbocycles. The van der Waals surface area contributed by atoms with Gasteiger partial charge in [0, 0.05) is 55.3 Å². The van der Waals surface area contributed by atoms with Crippen molar-refractivity contribution in [3.63, 3.8) is 0 Å². The molecule has 1 amide bonds. The van der Waals surface area contributed by atoms with Crippen molar-refractivity contribution in [2.75, 3.05) is 44.3 Å². The molecule has 0 aliphatic carbocycles. The van der Waals surface area contributed by atoms with Crippen molar-refractivity contribution in [1.82, 2.24) is 24.8 Å². The number of aliphatic hydroxyl groups excluding tert-OH is 1. The van der Waals surface area contributed by atoms with Crippen LogP contribution >= 0.6 is 0 Å². The number of piperazine rings is 1. The highest BCUT2D eigenvalue weighted by molar-refractivity contribution is 6.03. The largest absolute Gasteiger partial charge is 0.508 e. The summed E-state index contributed by atoms with van der Waals surface area (Å²) in [5.74, 6) is 0.679. The Kier molecular flexibility index (Phi) is 7.34. The van der Waals surface area contributed by atoms with Crippen LogP contribution in [0.25, 0.3) is 32.9 Å². The van der Waals surface area contributed by atoms with E-state index in [0.29, 0.717) is 42.6 Å². The van der Waals surface area contributed by atoms with Crippen molar-refractivity contribution in [2.24, 2.45) is 0 Å². The number of halogens is 3. The quantitative estimate of drug-likeness (QED) is 0.298. The number of hydrogen-bond donors (Lipinski definition) is 2. The standard InChI is InChI=1S/C35H33F3N6O4/c1-2-24-27(37)7-4-19-10-23(46)11-25(29(19)24)31-30(38)32-26(13-39-31)33(42-15-21-5-6-22(16-42)44(21)28(47)17-45)41-34(40-32)48-18-35-8-3-9-43(35)14-20(36)12-35/h1,4,7,10-11,13,20-22,45-46H,3,5-6,8-9,12,14-18H2/t20-,21?,22?,35+/m1/s1. The maximum Gasteiger partial charge on any atom is 0.319 e. The highest BCUT2D eigenvalue weighted by Gasteiger charge is 2.49. The normalized spacial score (nSPS) is 25.2. The number of alkyl halides is 1. The first-order chi connectivity index (χ1) is 23.2. The van der Waals surface area contributed by atoms with E-state index in [0.717, 1.165) is 32.2 Å². The molecule has 4 aliphatic heterocycles. The Bertz CT molecular complexity index is 2010. The van der Waals surface area contributed by atoms with Crippen LogP contribution in [0.1, 0.15) is 37.7 Å². The molecule has 4 fully saturated rings. The molecule has 6 heterocycles. The molecular formula is C35H33F3N6O4. The number of benzene rings is 2. The molecule has 0 saturated carbocycles. The number of carbonyl (C=O) groups excluding carboxylic acids is 1. The van der Waals surface area contributed by atoms with Crippen molar-refractivity contribution in [2.45, 2.75) is 55.9 Å². The number of terminal acetylenes is 1. The van der Waals surface area contributed by atoms with E-state index < -0.39 is 30.0 Å². The van der Waals surface area contributed by atoms with E-state index in [2.05, 4.69) is 20.8 Å². The fourth-order valence-electron chi connectivity index (χ4n) is 8.48. The Morgan fingerprint density at radius 1 is 1.15 bits per heavy atom. The van der Waals surface area contributed by atoms with Crippen molar-refractivity contribution >= 4 is 33.4 Å². The summed E-state index contributed by atoms with van der Waals surface area (Å²) in [5.41, 5.74) is -0.798. The second-order valence-corrected chi connectivity index (χ2v) is 13.3. The van der Waals surface area contributed by atoms with Crippen LogP contribution in [0.4, 0.5) is 19.0 Å². The molecule has 4 aliphatic rings. The van der Waals surface area contributed by atoms with Gasteiger partial charge in [0.05, 0.1) is 16.5 Å². The molecule has 8 rings (SSSR count). The van der Waals surface area contributed by atoms with Crippen LogP contribution in [0.15, 0.2) is 30.5 Å². The SMILES string of the molecule is C#Cc1c(F)ccc2cc(O)cc(-c3ncc4c(N5CC6CCC(C5)N6C(=O)CO)nc(OC[C@@]56CCCN5C[C@H](F)C6)nc4c3F)c12. The third-order valence-electron chi connectivity index (χ3n) is 10.5. The van der Waals surface area contributed by atoms with Gasteiger partial charge in [-0.3, -0.25) is 14.7 Å². The third-order valence-corrected chi connectivity index (χ3v) is 10.5. The van der Waals surface area contributed by atoms with Gasteiger partial charge in [-0.05, 0) is 55.8 Å². The first kappa shape index (κ1) is 30.7. The van der Waals surface area contributed by atoms with Gasteiger partial charge in [0.25, 0.3) is 0 Å². The number of phenols is 1. The van der Waals surface area contributed by atoms with Crippen LogP contribution in [0.5, 0.6) is 11.8 Å². The number of phenolic OH excluding ortho intramolecular Hbond substituents is 1. The molecule has 2 N–H and O–H groups in total. The highest BCUT2D eigenvalue weighted by atomic mass is 19.1. The zero-order chi connectivity index (χ0) is 33.3. The van der Waals surface area contributed by atoms with Gasteiger partial charge in [-0.2, -0.15) is 9.97 Å². The van der Waals surface area contributed by atoms with Crippen LogP contribution in [0.2, 0.25) is 0 Å². The average molecular weight is 659 g/mol. The number of ether oxygens (including phenoxy) is 1. The van der Waals surface area contributed by atoms with Gasteiger partial charge in [0.2, 0.25) is 5.91 Å². The number of aromatic hydroxyl groups is 1. The molecule has 4 saturated heterocycles. The fraction of sp³-hybridized carbons (Fsp3) is 0.429. The number of nitrogens with zero attached hydrogens (tertiary/aromatic N) is 6. The lowest BCUT2D eigenvalue weighted by Gasteiger charge is -2.41. The van der Waals surface area contributed by atoms with E-state index in [1.54, 1.807) is 4.90 Å². The Labute approximate surface area is 274 Å². The topological polar surface area (TPSA) is 115 Å². The van der Waals surface area contributed by atoms with Crippen molar-refractivity contribution in [1.29, 1.82) is 0 Å². The van der Waals surface area contributed by atoms with Crippen molar-refractivity contribution in [3.05, 3.63) is 47.7 Å². The Morgan fingerprint density at radius 3 is 2.69 bits per heavy atom. The minimum absolute atomic E-state index is 0.0885. The van der Waals surface area contributed by atoms with Crippen molar-refractivity contribution < 1.29 is 32.9 Å².